The lowest BCUT2D eigenvalue weighted by molar-refractivity contribution is -0.895. The summed E-state index contributed by atoms with van der Waals surface area (Å²) in [6.07, 6.45) is -1.63. The standard InChI is InChI=1S/C33H37F3N8O3/c1-21(32(47)42(3)25-14-17-44(4,5)18-15-25)40-30(45)28(31(46)41-24-8-6-7-23(19-24)33(34,35)36)29(38-2)27-13-16-39-43(27)26-11-9-22(20-37)10-12-26/h6-13,16,19,21,25H,14-15,17-18H2,1-5H3,(H2-,38,40,41,45,46)/p+1/t21-/m0/s1. The number of carbonyl (C=O) groups excluding carboxylic acids is 3. The van der Waals surface area contributed by atoms with Gasteiger partial charge < -0.3 is 25.3 Å². The number of alkyl halides is 3. The van der Waals surface area contributed by atoms with Crippen molar-refractivity contribution in [1.82, 2.24) is 25.3 Å². The molecule has 1 fully saturated rings. The van der Waals surface area contributed by atoms with Crippen LogP contribution in [-0.4, -0.2) is 90.2 Å². The number of nitrogens with one attached hydrogen (secondary N) is 3. The van der Waals surface area contributed by atoms with E-state index in [-0.39, 0.29) is 29.0 Å². The predicted molar refractivity (Wildman–Crippen MR) is 170 cm³/mol. The van der Waals surface area contributed by atoms with Gasteiger partial charge in [-0.1, -0.05) is 6.07 Å². The van der Waals surface area contributed by atoms with Crippen molar-refractivity contribution in [2.75, 3.05) is 46.6 Å². The minimum atomic E-state index is -4.66. The number of likely N-dealkylation sites (N-methyl/N-ethyl adjacent to an activating group) is 1. The Kier molecular flexibility index (Phi) is 10.4. The normalized spacial score (nSPS) is 15.9. The average molecular weight is 652 g/mol. The number of piperidine rings is 1. The summed E-state index contributed by atoms with van der Waals surface area (Å²) in [5.74, 6) is -2.29. The van der Waals surface area contributed by atoms with E-state index in [9.17, 15) is 32.8 Å². The number of hydrogen-bond acceptors (Lipinski definition) is 6. The summed E-state index contributed by atoms with van der Waals surface area (Å²) in [5, 5.41) is 21.4. The molecule has 2 heterocycles. The average Bonchev–Trinajstić information content (AvgIpc) is 3.52. The highest BCUT2D eigenvalue weighted by Crippen LogP contribution is 2.31. The summed E-state index contributed by atoms with van der Waals surface area (Å²) in [7, 11) is 7.42. The second-order valence-electron chi connectivity index (χ2n) is 12.1. The number of rotatable bonds is 9. The van der Waals surface area contributed by atoms with E-state index in [4.69, 9.17) is 0 Å². The molecule has 3 N–H and O–H groups in total. The highest BCUT2D eigenvalue weighted by Gasteiger charge is 2.35. The number of benzene rings is 2. The molecule has 47 heavy (non-hydrogen) atoms. The highest BCUT2D eigenvalue weighted by molar-refractivity contribution is 6.27. The van der Waals surface area contributed by atoms with E-state index < -0.39 is 35.2 Å². The van der Waals surface area contributed by atoms with Gasteiger partial charge in [-0.2, -0.15) is 23.5 Å². The zero-order valence-corrected chi connectivity index (χ0v) is 26.9. The van der Waals surface area contributed by atoms with Crippen molar-refractivity contribution in [3.63, 3.8) is 0 Å². The molecule has 0 saturated carbocycles. The van der Waals surface area contributed by atoms with Crippen molar-refractivity contribution >= 4 is 29.1 Å². The van der Waals surface area contributed by atoms with Crippen LogP contribution in [0.3, 0.4) is 0 Å². The molecule has 4 rings (SSSR count). The van der Waals surface area contributed by atoms with Gasteiger partial charge in [-0.15, -0.1) is 0 Å². The Hall–Kier alpha value is -5.16. The number of halogens is 3. The number of aromatic nitrogens is 2. The van der Waals surface area contributed by atoms with Crippen molar-refractivity contribution < 1.29 is 32.0 Å². The molecule has 1 atom stereocenters. The molecule has 0 radical (unpaired) electrons. The molecule has 1 saturated heterocycles. The van der Waals surface area contributed by atoms with Crippen LogP contribution in [0, 0.1) is 11.3 Å². The molecule has 1 aromatic heterocycles. The van der Waals surface area contributed by atoms with Crippen molar-refractivity contribution in [3.05, 3.63) is 83.2 Å². The Balaban J connectivity index is 1.70. The van der Waals surface area contributed by atoms with Crippen LogP contribution in [0.4, 0.5) is 18.9 Å². The predicted octanol–water partition coefficient (Wildman–Crippen LogP) is 3.53. The van der Waals surface area contributed by atoms with Crippen LogP contribution in [0.15, 0.2) is 66.4 Å². The van der Waals surface area contributed by atoms with Crippen LogP contribution in [-0.2, 0) is 20.6 Å². The van der Waals surface area contributed by atoms with Gasteiger partial charge in [0.2, 0.25) is 5.91 Å². The maximum absolute atomic E-state index is 13.9. The van der Waals surface area contributed by atoms with Crippen LogP contribution >= 0.6 is 0 Å². The maximum Gasteiger partial charge on any atom is 0.416 e. The van der Waals surface area contributed by atoms with Crippen molar-refractivity contribution in [1.29, 1.82) is 5.26 Å². The van der Waals surface area contributed by atoms with Gasteiger partial charge in [0, 0.05) is 38.7 Å². The first-order valence-electron chi connectivity index (χ1n) is 15.0. The van der Waals surface area contributed by atoms with E-state index in [0.717, 1.165) is 48.6 Å². The first-order chi connectivity index (χ1) is 22.1. The SMILES string of the molecule is CN/C(=C(\C(=O)Nc1cccc(C(F)(F)F)c1)C(=O)N[C@@H](C)C(=O)N(C)C1CC[N+](C)(C)CC1)c1ccnn1-c1ccc(C#N)cc1. The van der Waals surface area contributed by atoms with E-state index in [0.29, 0.717) is 11.3 Å². The van der Waals surface area contributed by atoms with Gasteiger partial charge >= 0.3 is 6.18 Å². The number of nitriles is 1. The van der Waals surface area contributed by atoms with E-state index in [1.807, 2.05) is 6.07 Å². The lowest BCUT2D eigenvalue weighted by Gasteiger charge is -2.40. The summed E-state index contributed by atoms with van der Waals surface area (Å²) in [5.41, 5.74) is -0.478. The second-order valence-corrected chi connectivity index (χ2v) is 12.1. The quantitative estimate of drug-likeness (QED) is 0.140. The number of nitrogens with zero attached hydrogens (tertiary/aromatic N) is 5. The summed E-state index contributed by atoms with van der Waals surface area (Å²) in [6.45, 7) is 3.30. The number of likely N-dealkylation sites (tertiary alicyclic amines) is 1. The first-order valence-corrected chi connectivity index (χ1v) is 15.0. The fourth-order valence-electron chi connectivity index (χ4n) is 5.51. The number of carbonyl (C=O) groups is 3. The van der Waals surface area contributed by atoms with Gasteiger partial charge in [0.15, 0.2) is 0 Å². The zero-order valence-electron chi connectivity index (χ0n) is 26.9. The Labute approximate surface area is 271 Å². The van der Waals surface area contributed by atoms with Crippen molar-refractivity contribution in [2.24, 2.45) is 0 Å². The third-order valence-corrected chi connectivity index (χ3v) is 8.29. The molecule has 1 aliphatic heterocycles. The molecule has 0 unspecified atom stereocenters. The van der Waals surface area contributed by atoms with Crippen LogP contribution in [0.5, 0.6) is 0 Å². The molecule has 3 aromatic rings. The zero-order chi connectivity index (χ0) is 34.5. The number of amides is 3. The Bertz CT molecular complexity index is 1700. The van der Waals surface area contributed by atoms with Gasteiger partial charge in [0.25, 0.3) is 11.8 Å². The summed E-state index contributed by atoms with van der Waals surface area (Å²) < 4.78 is 42.5. The Morgan fingerprint density at radius 1 is 1.06 bits per heavy atom. The molecule has 3 amide bonds. The van der Waals surface area contributed by atoms with Gasteiger partial charge in [0.05, 0.1) is 67.7 Å². The molecule has 0 bridgehead atoms. The van der Waals surface area contributed by atoms with Gasteiger partial charge in [-0.05, 0) is 55.5 Å². The van der Waals surface area contributed by atoms with E-state index in [1.54, 1.807) is 42.3 Å². The third kappa shape index (κ3) is 8.17. The fourth-order valence-corrected chi connectivity index (χ4v) is 5.51. The topological polar surface area (TPSA) is 132 Å². The lowest BCUT2D eigenvalue weighted by atomic mass is 10.0. The monoisotopic (exact) mass is 651 g/mol. The summed E-state index contributed by atoms with van der Waals surface area (Å²) in [6, 6.07) is 13.0. The van der Waals surface area contributed by atoms with Gasteiger partial charge in [0.1, 0.15) is 11.6 Å². The molecule has 14 heteroatoms. The van der Waals surface area contributed by atoms with E-state index in [2.05, 4.69) is 35.1 Å². The fraction of sp³-hybridized carbons (Fsp3) is 0.364. The van der Waals surface area contributed by atoms with E-state index >= 15 is 0 Å². The van der Waals surface area contributed by atoms with Crippen molar-refractivity contribution in [2.45, 2.75) is 38.0 Å². The number of quaternary nitrogens is 1. The Morgan fingerprint density at radius 2 is 1.72 bits per heavy atom. The van der Waals surface area contributed by atoms with Crippen LogP contribution in [0.25, 0.3) is 11.4 Å². The molecule has 0 spiro atoms. The molecule has 248 valence electrons. The lowest BCUT2D eigenvalue weighted by Crippen LogP contribution is -2.55. The molecule has 1 aliphatic rings. The maximum atomic E-state index is 13.9. The summed E-state index contributed by atoms with van der Waals surface area (Å²) in [4.78, 5) is 42.8. The molecular formula is C33H38F3N8O3+. The van der Waals surface area contributed by atoms with Crippen LogP contribution in [0.2, 0.25) is 0 Å². The number of anilines is 1. The minimum absolute atomic E-state index is 0.00544. The molecule has 0 aliphatic carbocycles. The first kappa shape index (κ1) is 34.7. The smallest absolute Gasteiger partial charge is 0.386 e. The number of hydrogen-bond donors (Lipinski definition) is 3. The van der Waals surface area contributed by atoms with Gasteiger partial charge in [-0.25, -0.2) is 4.68 Å². The summed E-state index contributed by atoms with van der Waals surface area (Å²) >= 11 is 0. The van der Waals surface area contributed by atoms with E-state index in [1.165, 1.54) is 30.9 Å². The second kappa shape index (κ2) is 14.1. The molecule has 2 aromatic carbocycles. The molecule has 11 nitrogen and oxygen atoms in total. The highest BCUT2D eigenvalue weighted by atomic mass is 19.4. The molecular weight excluding hydrogens is 613 g/mol. The largest absolute Gasteiger partial charge is 0.416 e. The Morgan fingerprint density at radius 3 is 2.32 bits per heavy atom. The van der Waals surface area contributed by atoms with Crippen molar-refractivity contribution in [3.8, 4) is 11.8 Å². The third-order valence-electron chi connectivity index (χ3n) is 8.29. The van der Waals surface area contributed by atoms with Crippen LogP contribution in [0.1, 0.15) is 36.6 Å². The van der Waals surface area contributed by atoms with Gasteiger partial charge in [-0.3, -0.25) is 14.4 Å². The van der Waals surface area contributed by atoms with Crippen LogP contribution < -0.4 is 16.0 Å². The minimum Gasteiger partial charge on any atom is -0.386 e.